The Morgan fingerprint density at radius 3 is 2.71 bits per heavy atom. The zero-order chi connectivity index (χ0) is 15.9. The molecule has 1 aliphatic heterocycles. The lowest BCUT2D eigenvalue weighted by Gasteiger charge is -2.22. The number of hydrogen-bond donors (Lipinski definition) is 3. The van der Waals surface area contributed by atoms with Crippen LogP contribution in [-0.4, -0.2) is 48.2 Å². The van der Waals surface area contributed by atoms with Gasteiger partial charge in [-0.3, -0.25) is 0 Å². The fourth-order valence-corrected chi connectivity index (χ4v) is 2.88. The Bertz CT molecular complexity index is 328. The van der Waals surface area contributed by atoms with Crippen molar-refractivity contribution in [3.63, 3.8) is 0 Å². The Kier molecular flexibility index (Phi) is 7.46. The van der Waals surface area contributed by atoms with E-state index in [0.717, 1.165) is 38.3 Å². The zero-order valence-corrected chi connectivity index (χ0v) is 14.2. The molecule has 1 aliphatic rings. The maximum atomic E-state index is 8.74. The van der Waals surface area contributed by atoms with Crippen LogP contribution in [0.3, 0.4) is 0 Å². The van der Waals surface area contributed by atoms with Gasteiger partial charge >= 0.3 is 0 Å². The van der Waals surface area contributed by atoms with E-state index in [-0.39, 0.29) is 5.41 Å². The Balaban J connectivity index is 2.06. The average Bonchev–Trinajstić information content (AvgIpc) is 2.90. The first-order valence-corrected chi connectivity index (χ1v) is 8.29. The maximum Gasteiger partial charge on any atom is 0.144 e. The summed E-state index contributed by atoms with van der Waals surface area (Å²) in [6.07, 6.45) is 4.51. The van der Waals surface area contributed by atoms with Crippen LogP contribution in [0, 0.1) is 11.3 Å². The SMILES string of the molecule is CC(C)N1CCC(CNCCCCC(C)(C)C(N)=NO)C1. The molecule has 0 radical (unpaired) electrons. The van der Waals surface area contributed by atoms with Crippen molar-refractivity contribution in [2.75, 3.05) is 26.2 Å². The zero-order valence-electron chi connectivity index (χ0n) is 14.2. The minimum absolute atomic E-state index is 0.210. The van der Waals surface area contributed by atoms with Crippen LogP contribution in [0.15, 0.2) is 5.16 Å². The first-order valence-electron chi connectivity index (χ1n) is 8.29. The van der Waals surface area contributed by atoms with Gasteiger partial charge in [0.15, 0.2) is 0 Å². The number of oxime groups is 1. The standard InChI is InChI=1S/C16H34N4O/c1-13(2)20-10-7-14(12-20)11-18-9-6-5-8-16(3,4)15(17)19-21/h13-14,18,21H,5-12H2,1-4H3,(H2,17,19). The molecule has 0 spiro atoms. The molecule has 1 unspecified atom stereocenters. The molecule has 1 rings (SSSR count). The third-order valence-corrected chi connectivity index (χ3v) is 4.69. The molecule has 4 N–H and O–H groups in total. The van der Waals surface area contributed by atoms with E-state index in [9.17, 15) is 0 Å². The van der Waals surface area contributed by atoms with E-state index in [2.05, 4.69) is 29.2 Å². The van der Waals surface area contributed by atoms with Crippen molar-refractivity contribution in [1.82, 2.24) is 10.2 Å². The molecule has 0 aromatic heterocycles. The Hall–Kier alpha value is -0.810. The summed E-state index contributed by atoms with van der Waals surface area (Å²) >= 11 is 0. The summed E-state index contributed by atoms with van der Waals surface area (Å²) in [5, 5.41) is 15.4. The fourth-order valence-electron chi connectivity index (χ4n) is 2.88. The lowest BCUT2D eigenvalue weighted by atomic mass is 9.86. The number of hydrogen-bond acceptors (Lipinski definition) is 4. The molecule has 21 heavy (non-hydrogen) atoms. The van der Waals surface area contributed by atoms with Crippen LogP contribution in [0.2, 0.25) is 0 Å². The van der Waals surface area contributed by atoms with E-state index in [1.54, 1.807) is 0 Å². The second-order valence-electron chi connectivity index (χ2n) is 7.27. The summed E-state index contributed by atoms with van der Waals surface area (Å²) in [7, 11) is 0. The smallest absolute Gasteiger partial charge is 0.144 e. The highest BCUT2D eigenvalue weighted by molar-refractivity contribution is 5.85. The maximum absolute atomic E-state index is 8.74. The molecule has 0 aromatic carbocycles. The topological polar surface area (TPSA) is 73.9 Å². The largest absolute Gasteiger partial charge is 0.409 e. The number of rotatable bonds is 9. The third-order valence-electron chi connectivity index (χ3n) is 4.69. The highest BCUT2D eigenvalue weighted by atomic mass is 16.4. The second kappa shape index (κ2) is 8.59. The van der Waals surface area contributed by atoms with E-state index in [1.165, 1.54) is 19.5 Å². The minimum Gasteiger partial charge on any atom is -0.409 e. The number of amidine groups is 1. The Morgan fingerprint density at radius 2 is 2.14 bits per heavy atom. The highest BCUT2D eigenvalue weighted by Crippen LogP contribution is 2.23. The van der Waals surface area contributed by atoms with Gasteiger partial charge in [0.05, 0.1) is 0 Å². The molecule has 0 bridgehead atoms. The molecule has 1 atom stereocenters. The van der Waals surface area contributed by atoms with E-state index < -0.39 is 0 Å². The molecule has 1 saturated heterocycles. The molecule has 0 aliphatic carbocycles. The van der Waals surface area contributed by atoms with Gasteiger partial charge in [-0.1, -0.05) is 25.4 Å². The van der Waals surface area contributed by atoms with Gasteiger partial charge in [-0.05, 0) is 58.7 Å². The second-order valence-corrected chi connectivity index (χ2v) is 7.27. The van der Waals surface area contributed by atoms with Gasteiger partial charge in [-0.2, -0.15) is 0 Å². The lowest BCUT2D eigenvalue weighted by molar-refractivity contribution is 0.264. The summed E-state index contributed by atoms with van der Waals surface area (Å²) in [4.78, 5) is 2.56. The van der Waals surface area contributed by atoms with Crippen LogP contribution in [0.4, 0.5) is 0 Å². The van der Waals surface area contributed by atoms with Crippen molar-refractivity contribution in [3.05, 3.63) is 0 Å². The van der Waals surface area contributed by atoms with Crippen LogP contribution < -0.4 is 11.1 Å². The van der Waals surface area contributed by atoms with Crippen LogP contribution in [0.5, 0.6) is 0 Å². The molecule has 5 nitrogen and oxygen atoms in total. The van der Waals surface area contributed by atoms with Crippen LogP contribution in [0.1, 0.15) is 53.4 Å². The van der Waals surface area contributed by atoms with Crippen molar-refractivity contribution in [1.29, 1.82) is 0 Å². The monoisotopic (exact) mass is 298 g/mol. The van der Waals surface area contributed by atoms with Gasteiger partial charge in [0.1, 0.15) is 5.84 Å². The minimum atomic E-state index is -0.210. The first-order chi connectivity index (χ1) is 9.86. The van der Waals surface area contributed by atoms with E-state index in [1.807, 2.05) is 13.8 Å². The number of nitrogens with one attached hydrogen (secondary N) is 1. The Labute approximate surface area is 130 Å². The normalized spacial score (nSPS) is 21.4. The lowest BCUT2D eigenvalue weighted by Crippen LogP contribution is -2.32. The number of nitrogens with two attached hydrogens (primary N) is 1. The predicted octanol–water partition coefficient (Wildman–Crippen LogP) is 2.25. The summed E-state index contributed by atoms with van der Waals surface area (Å²) in [5.41, 5.74) is 5.48. The van der Waals surface area contributed by atoms with Crippen molar-refractivity contribution in [2.45, 2.75) is 59.4 Å². The molecule has 0 amide bonds. The highest BCUT2D eigenvalue weighted by Gasteiger charge is 2.24. The molecular weight excluding hydrogens is 264 g/mol. The van der Waals surface area contributed by atoms with Crippen molar-refractivity contribution < 1.29 is 5.21 Å². The number of nitrogens with zero attached hydrogens (tertiary/aromatic N) is 2. The van der Waals surface area contributed by atoms with Crippen molar-refractivity contribution >= 4 is 5.84 Å². The van der Waals surface area contributed by atoms with Crippen molar-refractivity contribution in [3.8, 4) is 0 Å². The van der Waals surface area contributed by atoms with E-state index in [4.69, 9.17) is 10.9 Å². The summed E-state index contributed by atoms with van der Waals surface area (Å²) in [5.74, 6) is 1.14. The molecular formula is C16H34N4O. The molecule has 0 saturated carbocycles. The van der Waals surface area contributed by atoms with Gasteiger partial charge < -0.3 is 21.2 Å². The predicted molar refractivity (Wildman–Crippen MR) is 88.7 cm³/mol. The quantitative estimate of drug-likeness (QED) is 0.201. The number of unbranched alkanes of at least 4 members (excludes halogenated alkanes) is 1. The summed E-state index contributed by atoms with van der Waals surface area (Å²) in [6, 6.07) is 0.677. The van der Waals surface area contributed by atoms with E-state index in [0.29, 0.717) is 11.9 Å². The van der Waals surface area contributed by atoms with Crippen LogP contribution >= 0.6 is 0 Å². The molecule has 124 valence electrons. The summed E-state index contributed by atoms with van der Waals surface area (Å²) in [6.45, 7) is 13.3. The van der Waals surface area contributed by atoms with Gasteiger partial charge in [0.25, 0.3) is 0 Å². The van der Waals surface area contributed by atoms with Crippen LogP contribution in [0.25, 0.3) is 0 Å². The van der Waals surface area contributed by atoms with Gasteiger partial charge in [0, 0.05) is 18.0 Å². The van der Waals surface area contributed by atoms with Crippen molar-refractivity contribution in [2.24, 2.45) is 22.2 Å². The molecule has 0 aromatic rings. The fraction of sp³-hybridized carbons (Fsp3) is 0.938. The van der Waals surface area contributed by atoms with Gasteiger partial charge in [-0.15, -0.1) is 0 Å². The first kappa shape index (κ1) is 18.2. The van der Waals surface area contributed by atoms with E-state index >= 15 is 0 Å². The molecule has 1 fully saturated rings. The average molecular weight is 298 g/mol. The number of likely N-dealkylation sites (tertiary alicyclic amines) is 1. The third kappa shape index (κ3) is 6.22. The molecule has 5 heteroatoms. The Morgan fingerprint density at radius 1 is 1.43 bits per heavy atom. The van der Waals surface area contributed by atoms with Crippen LogP contribution in [-0.2, 0) is 0 Å². The summed E-state index contributed by atoms with van der Waals surface area (Å²) < 4.78 is 0. The van der Waals surface area contributed by atoms with Gasteiger partial charge in [-0.25, -0.2) is 0 Å². The molecule has 1 heterocycles. The van der Waals surface area contributed by atoms with Gasteiger partial charge in [0.2, 0.25) is 0 Å².